The summed E-state index contributed by atoms with van der Waals surface area (Å²) in [6.07, 6.45) is 1.04. The van der Waals surface area contributed by atoms with Crippen molar-refractivity contribution in [2.75, 3.05) is 21.3 Å². The number of fused-ring (bicyclic) bond motifs is 1. The van der Waals surface area contributed by atoms with Crippen LogP contribution in [0.3, 0.4) is 0 Å². The monoisotopic (exact) mass is 207 g/mol. The van der Waals surface area contributed by atoms with Crippen LogP contribution in [-0.2, 0) is 12.0 Å². The van der Waals surface area contributed by atoms with Crippen molar-refractivity contribution in [2.45, 2.75) is 18.9 Å². The first-order valence-electron chi connectivity index (χ1n) is 5.09. The van der Waals surface area contributed by atoms with Gasteiger partial charge in [0.05, 0.1) is 14.2 Å². The molecule has 0 unspecified atom stereocenters. The lowest BCUT2D eigenvalue weighted by Gasteiger charge is -2.41. The Balaban J connectivity index is 2.45. The van der Waals surface area contributed by atoms with Gasteiger partial charge in [-0.2, -0.15) is 0 Å². The normalized spacial score (nSPS) is 22.9. The van der Waals surface area contributed by atoms with Crippen molar-refractivity contribution in [3.05, 3.63) is 23.3 Å². The van der Waals surface area contributed by atoms with Crippen molar-refractivity contribution in [3.63, 3.8) is 0 Å². The topological polar surface area (TPSA) is 30.5 Å². The predicted octanol–water partition coefficient (Wildman–Crippen LogP) is 1.69. The summed E-state index contributed by atoms with van der Waals surface area (Å²) in [7, 11) is 5.32. The van der Waals surface area contributed by atoms with Crippen LogP contribution in [0, 0.1) is 0 Å². The van der Waals surface area contributed by atoms with Gasteiger partial charge in [-0.15, -0.1) is 0 Å². The number of likely N-dealkylation sites (N-methyl/N-ethyl adjacent to an activating group) is 1. The number of hydrogen-bond acceptors (Lipinski definition) is 3. The van der Waals surface area contributed by atoms with E-state index in [0.717, 1.165) is 17.9 Å². The van der Waals surface area contributed by atoms with E-state index in [4.69, 9.17) is 9.47 Å². The Bertz CT molecular complexity index is 389. The zero-order chi connectivity index (χ0) is 11.1. The highest BCUT2D eigenvalue weighted by molar-refractivity contribution is 5.55. The van der Waals surface area contributed by atoms with Crippen LogP contribution >= 0.6 is 0 Å². The minimum absolute atomic E-state index is 0.0921. The van der Waals surface area contributed by atoms with E-state index >= 15 is 0 Å². The molecule has 3 nitrogen and oxygen atoms in total. The fourth-order valence-electron chi connectivity index (χ4n) is 2.17. The van der Waals surface area contributed by atoms with Gasteiger partial charge in [-0.1, -0.05) is 0 Å². The molecule has 0 heterocycles. The number of rotatable bonds is 3. The van der Waals surface area contributed by atoms with E-state index in [9.17, 15) is 0 Å². The minimum atomic E-state index is 0.0921. The summed E-state index contributed by atoms with van der Waals surface area (Å²) in [5.74, 6) is 1.62. The molecular formula is C12H17NO2. The van der Waals surface area contributed by atoms with E-state index < -0.39 is 0 Å². The van der Waals surface area contributed by atoms with E-state index in [1.807, 2.05) is 7.05 Å². The fourth-order valence-corrected chi connectivity index (χ4v) is 2.17. The van der Waals surface area contributed by atoms with Gasteiger partial charge in [0.2, 0.25) is 0 Å². The van der Waals surface area contributed by atoms with Crippen molar-refractivity contribution >= 4 is 0 Å². The molecule has 0 saturated carbocycles. The smallest absolute Gasteiger partial charge is 0.161 e. The highest BCUT2D eigenvalue weighted by Crippen LogP contribution is 2.44. The molecule has 1 aromatic rings. The molecule has 1 N–H and O–H groups in total. The van der Waals surface area contributed by atoms with Crippen molar-refractivity contribution in [3.8, 4) is 11.5 Å². The maximum atomic E-state index is 5.29. The largest absolute Gasteiger partial charge is 0.493 e. The molecule has 0 spiro atoms. The average Bonchev–Trinajstić information content (AvgIpc) is 2.26. The molecule has 3 heteroatoms. The summed E-state index contributed by atoms with van der Waals surface area (Å²) < 4.78 is 10.6. The van der Waals surface area contributed by atoms with Crippen LogP contribution in [0.1, 0.15) is 18.1 Å². The molecule has 2 rings (SSSR count). The van der Waals surface area contributed by atoms with Crippen LogP contribution < -0.4 is 14.8 Å². The van der Waals surface area contributed by atoms with E-state index in [1.54, 1.807) is 14.2 Å². The van der Waals surface area contributed by atoms with Crippen molar-refractivity contribution in [1.82, 2.24) is 5.32 Å². The number of methoxy groups -OCH3 is 2. The fraction of sp³-hybridized carbons (Fsp3) is 0.500. The predicted molar refractivity (Wildman–Crippen MR) is 59.7 cm³/mol. The van der Waals surface area contributed by atoms with Gasteiger partial charge in [-0.25, -0.2) is 0 Å². The molecule has 0 fully saturated rings. The molecule has 1 atom stereocenters. The summed E-state index contributed by atoms with van der Waals surface area (Å²) in [6.45, 7) is 2.20. The van der Waals surface area contributed by atoms with E-state index in [1.165, 1.54) is 11.1 Å². The Hall–Kier alpha value is -1.22. The Labute approximate surface area is 90.4 Å². The second kappa shape index (κ2) is 3.42. The van der Waals surface area contributed by atoms with Crippen molar-refractivity contribution < 1.29 is 9.47 Å². The SMILES string of the molecule is CN[C@@]1(C)Cc2cc(OC)c(OC)cc21. The highest BCUT2D eigenvalue weighted by Gasteiger charge is 2.38. The first kappa shape index (κ1) is 10.3. The molecule has 1 aliphatic carbocycles. The van der Waals surface area contributed by atoms with Gasteiger partial charge >= 0.3 is 0 Å². The molecule has 82 valence electrons. The number of benzene rings is 1. The molecule has 0 aromatic heterocycles. The summed E-state index contributed by atoms with van der Waals surface area (Å²) in [4.78, 5) is 0. The first-order chi connectivity index (χ1) is 7.14. The van der Waals surface area contributed by atoms with Crippen LogP contribution in [0.15, 0.2) is 12.1 Å². The number of hydrogen-bond donors (Lipinski definition) is 1. The van der Waals surface area contributed by atoms with Crippen LogP contribution in [0.5, 0.6) is 11.5 Å². The van der Waals surface area contributed by atoms with Crippen LogP contribution in [0.4, 0.5) is 0 Å². The van der Waals surface area contributed by atoms with E-state index in [2.05, 4.69) is 24.4 Å². The van der Waals surface area contributed by atoms with Gasteiger partial charge in [0.15, 0.2) is 11.5 Å². The van der Waals surface area contributed by atoms with Gasteiger partial charge in [-0.3, -0.25) is 0 Å². The van der Waals surface area contributed by atoms with Gasteiger partial charge in [0.1, 0.15) is 0 Å². The molecule has 0 bridgehead atoms. The van der Waals surface area contributed by atoms with Crippen LogP contribution in [-0.4, -0.2) is 21.3 Å². The molecule has 1 aromatic carbocycles. The standard InChI is InChI=1S/C12H17NO2/c1-12(13-2)7-8-5-10(14-3)11(15-4)6-9(8)12/h5-6,13H,7H2,1-4H3/t12-/m0/s1. The lowest BCUT2D eigenvalue weighted by atomic mass is 9.72. The molecule has 15 heavy (non-hydrogen) atoms. The highest BCUT2D eigenvalue weighted by atomic mass is 16.5. The van der Waals surface area contributed by atoms with Crippen molar-refractivity contribution in [2.24, 2.45) is 0 Å². The number of nitrogens with one attached hydrogen (secondary N) is 1. The quantitative estimate of drug-likeness (QED) is 0.818. The average molecular weight is 207 g/mol. The van der Waals surface area contributed by atoms with E-state index in [-0.39, 0.29) is 5.54 Å². The van der Waals surface area contributed by atoms with Gasteiger partial charge in [-0.05, 0) is 43.7 Å². The second-order valence-electron chi connectivity index (χ2n) is 4.12. The summed E-state index contributed by atoms with van der Waals surface area (Å²) in [5, 5.41) is 3.33. The summed E-state index contributed by atoms with van der Waals surface area (Å²) >= 11 is 0. The zero-order valence-corrected chi connectivity index (χ0v) is 9.68. The van der Waals surface area contributed by atoms with Crippen LogP contribution in [0.2, 0.25) is 0 Å². The minimum Gasteiger partial charge on any atom is -0.493 e. The second-order valence-corrected chi connectivity index (χ2v) is 4.12. The van der Waals surface area contributed by atoms with Gasteiger partial charge < -0.3 is 14.8 Å². The third-order valence-corrected chi connectivity index (χ3v) is 3.30. The van der Waals surface area contributed by atoms with E-state index in [0.29, 0.717) is 0 Å². The Morgan fingerprint density at radius 3 is 2.33 bits per heavy atom. The molecule has 0 saturated heterocycles. The van der Waals surface area contributed by atoms with Crippen molar-refractivity contribution in [1.29, 1.82) is 0 Å². The Morgan fingerprint density at radius 1 is 1.20 bits per heavy atom. The lowest BCUT2D eigenvalue weighted by Crippen LogP contribution is -2.46. The summed E-state index contributed by atoms with van der Waals surface area (Å²) in [6, 6.07) is 4.13. The lowest BCUT2D eigenvalue weighted by molar-refractivity contribution is 0.325. The van der Waals surface area contributed by atoms with Crippen LogP contribution in [0.25, 0.3) is 0 Å². The Morgan fingerprint density at radius 2 is 1.80 bits per heavy atom. The molecule has 1 aliphatic rings. The molecular weight excluding hydrogens is 190 g/mol. The summed E-state index contributed by atoms with van der Waals surface area (Å²) in [5.41, 5.74) is 2.74. The zero-order valence-electron chi connectivity index (χ0n) is 9.68. The Kier molecular flexibility index (Phi) is 2.35. The maximum absolute atomic E-state index is 5.29. The first-order valence-corrected chi connectivity index (χ1v) is 5.09. The molecule has 0 aliphatic heterocycles. The molecule has 0 radical (unpaired) electrons. The third-order valence-electron chi connectivity index (χ3n) is 3.30. The maximum Gasteiger partial charge on any atom is 0.161 e. The van der Waals surface area contributed by atoms with Gasteiger partial charge in [0.25, 0.3) is 0 Å². The molecule has 0 amide bonds. The third kappa shape index (κ3) is 1.38. The number of ether oxygens (including phenoxy) is 2. The van der Waals surface area contributed by atoms with Gasteiger partial charge in [0, 0.05) is 5.54 Å².